The second-order valence-corrected chi connectivity index (χ2v) is 8.69. The van der Waals surface area contributed by atoms with Crippen molar-refractivity contribution in [2.24, 2.45) is 5.92 Å². The fourth-order valence-corrected chi connectivity index (χ4v) is 4.29. The summed E-state index contributed by atoms with van der Waals surface area (Å²) in [5, 5.41) is 5.28. The maximum Gasteiger partial charge on any atom is 0.255 e. The van der Waals surface area contributed by atoms with E-state index in [2.05, 4.69) is 24.5 Å². The zero-order valence-electron chi connectivity index (χ0n) is 14.6. The van der Waals surface area contributed by atoms with Crippen LogP contribution in [-0.2, 0) is 21.1 Å². The normalized spacial score (nSPS) is 15.3. The first kappa shape index (κ1) is 18.1. The average molecular weight is 372 g/mol. The van der Waals surface area contributed by atoms with Gasteiger partial charge in [-0.2, -0.15) is 0 Å². The van der Waals surface area contributed by atoms with Crippen LogP contribution in [0.5, 0.6) is 0 Å². The molecule has 0 aliphatic carbocycles. The number of rotatable bonds is 4. The van der Waals surface area contributed by atoms with Crippen molar-refractivity contribution in [3.05, 3.63) is 53.6 Å². The van der Waals surface area contributed by atoms with Crippen molar-refractivity contribution in [3.63, 3.8) is 0 Å². The Balaban J connectivity index is 1.89. The number of sulfone groups is 1. The van der Waals surface area contributed by atoms with Gasteiger partial charge in [-0.3, -0.25) is 9.59 Å². The Bertz CT molecular complexity index is 981. The van der Waals surface area contributed by atoms with E-state index in [4.69, 9.17) is 0 Å². The van der Waals surface area contributed by atoms with Gasteiger partial charge in [0.1, 0.15) is 5.75 Å². The molecule has 0 radical (unpaired) electrons. The van der Waals surface area contributed by atoms with Gasteiger partial charge in [-0.25, -0.2) is 8.42 Å². The third-order valence-corrected chi connectivity index (χ3v) is 5.71. The molecule has 6 nitrogen and oxygen atoms in total. The van der Waals surface area contributed by atoms with Gasteiger partial charge in [0.15, 0.2) is 9.84 Å². The molecule has 0 aromatic heterocycles. The molecule has 0 saturated heterocycles. The fourth-order valence-electron chi connectivity index (χ4n) is 2.96. The molecular formula is C19H20N2O4S. The van der Waals surface area contributed by atoms with E-state index in [1.54, 1.807) is 18.2 Å². The summed E-state index contributed by atoms with van der Waals surface area (Å²) >= 11 is 0. The van der Waals surface area contributed by atoms with Crippen molar-refractivity contribution in [1.82, 2.24) is 0 Å². The molecule has 2 aromatic carbocycles. The average Bonchev–Trinajstić information content (AvgIpc) is 2.54. The van der Waals surface area contributed by atoms with Gasteiger partial charge in [0.05, 0.1) is 10.6 Å². The number of carbonyl (C=O) groups is 2. The van der Waals surface area contributed by atoms with Gasteiger partial charge in [0.2, 0.25) is 5.91 Å². The van der Waals surface area contributed by atoms with E-state index in [-0.39, 0.29) is 16.5 Å². The van der Waals surface area contributed by atoms with Crippen LogP contribution < -0.4 is 10.6 Å². The lowest BCUT2D eigenvalue weighted by atomic mass is 9.97. The first-order valence-corrected chi connectivity index (χ1v) is 9.97. The Labute approximate surface area is 152 Å². The summed E-state index contributed by atoms with van der Waals surface area (Å²) in [5.41, 5.74) is 2.11. The molecule has 3 rings (SSSR count). The second kappa shape index (κ2) is 6.92. The van der Waals surface area contributed by atoms with Crippen LogP contribution in [0.25, 0.3) is 0 Å². The van der Waals surface area contributed by atoms with E-state index in [0.717, 1.165) is 12.0 Å². The largest absolute Gasteiger partial charge is 0.324 e. The van der Waals surface area contributed by atoms with Crippen LogP contribution in [0, 0.1) is 5.92 Å². The molecule has 0 atom stereocenters. The SMILES string of the molecule is CC(C)Cc1ccccc1C(=O)Nc1ccc2c(c1)S(=O)(=O)CC(=O)N2. The van der Waals surface area contributed by atoms with Gasteiger partial charge in [0.25, 0.3) is 5.91 Å². The number of hydrogen-bond acceptors (Lipinski definition) is 4. The van der Waals surface area contributed by atoms with E-state index >= 15 is 0 Å². The fraction of sp³-hybridized carbons (Fsp3) is 0.263. The number of amides is 2. The number of nitrogens with one attached hydrogen (secondary N) is 2. The van der Waals surface area contributed by atoms with Crippen LogP contribution in [0.3, 0.4) is 0 Å². The van der Waals surface area contributed by atoms with E-state index in [9.17, 15) is 18.0 Å². The lowest BCUT2D eigenvalue weighted by Crippen LogP contribution is -2.29. The third kappa shape index (κ3) is 3.77. The van der Waals surface area contributed by atoms with E-state index < -0.39 is 21.5 Å². The molecule has 2 aromatic rings. The Morgan fingerprint density at radius 3 is 2.65 bits per heavy atom. The van der Waals surface area contributed by atoms with Crippen LogP contribution in [0.2, 0.25) is 0 Å². The summed E-state index contributed by atoms with van der Waals surface area (Å²) in [7, 11) is -3.70. The summed E-state index contributed by atoms with van der Waals surface area (Å²) in [6.45, 7) is 4.16. The summed E-state index contributed by atoms with van der Waals surface area (Å²) in [4.78, 5) is 24.1. The smallest absolute Gasteiger partial charge is 0.255 e. The van der Waals surface area contributed by atoms with Crippen LogP contribution in [0.15, 0.2) is 47.4 Å². The number of benzene rings is 2. The van der Waals surface area contributed by atoms with Gasteiger partial charge in [-0.15, -0.1) is 0 Å². The van der Waals surface area contributed by atoms with Crippen molar-refractivity contribution < 1.29 is 18.0 Å². The highest BCUT2D eigenvalue weighted by molar-refractivity contribution is 7.92. The molecule has 7 heteroatoms. The number of carbonyl (C=O) groups excluding carboxylic acids is 2. The molecular weight excluding hydrogens is 352 g/mol. The molecule has 1 aliphatic heterocycles. The highest BCUT2D eigenvalue weighted by Crippen LogP contribution is 2.29. The van der Waals surface area contributed by atoms with Gasteiger partial charge in [0, 0.05) is 11.3 Å². The van der Waals surface area contributed by atoms with Gasteiger partial charge >= 0.3 is 0 Å². The lowest BCUT2D eigenvalue weighted by molar-refractivity contribution is -0.114. The summed E-state index contributed by atoms with van der Waals surface area (Å²) in [6.07, 6.45) is 0.772. The first-order chi connectivity index (χ1) is 12.3. The minimum Gasteiger partial charge on any atom is -0.324 e. The van der Waals surface area contributed by atoms with Crippen molar-refractivity contribution in [2.45, 2.75) is 25.2 Å². The maximum absolute atomic E-state index is 12.7. The predicted octanol–water partition coefficient (Wildman–Crippen LogP) is 2.86. The molecule has 2 amide bonds. The first-order valence-electron chi connectivity index (χ1n) is 8.32. The monoisotopic (exact) mass is 372 g/mol. The highest BCUT2D eigenvalue weighted by Gasteiger charge is 2.29. The molecule has 0 unspecified atom stereocenters. The minimum atomic E-state index is -3.70. The van der Waals surface area contributed by atoms with Crippen LogP contribution >= 0.6 is 0 Å². The zero-order chi connectivity index (χ0) is 18.9. The number of hydrogen-bond donors (Lipinski definition) is 2. The Kier molecular flexibility index (Phi) is 4.82. The van der Waals surface area contributed by atoms with Crippen molar-refractivity contribution in [2.75, 3.05) is 16.4 Å². The molecule has 1 aliphatic rings. The molecule has 0 fully saturated rings. The minimum absolute atomic E-state index is 0.0189. The Hall–Kier alpha value is -2.67. The van der Waals surface area contributed by atoms with Gasteiger partial charge in [-0.1, -0.05) is 32.0 Å². The molecule has 0 saturated carbocycles. The van der Waals surface area contributed by atoms with Gasteiger partial charge in [-0.05, 0) is 42.2 Å². The molecule has 1 heterocycles. The topological polar surface area (TPSA) is 92.3 Å². The van der Waals surface area contributed by atoms with E-state index in [0.29, 0.717) is 17.2 Å². The molecule has 0 spiro atoms. The van der Waals surface area contributed by atoms with E-state index in [1.165, 1.54) is 12.1 Å². The van der Waals surface area contributed by atoms with Crippen LogP contribution in [-0.4, -0.2) is 26.0 Å². The van der Waals surface area contributed by atoms with Crippen LogP contribution in [0.4, 0.5) is 11.4 Å². The molecule has 136 valence electrons. The zero-order valence-corrected chi connectivity index (χ0v) is 15.4. The highest BCUT2D eigenvalue weighted by atomic mass is 32.2. The molecule has 0 bridgehead atoms. The van der Waals surface area contributed by atoms with Crippen LogP contribution in [0.1, 0.15) is 29.8 Å². The standard InChI is InChI=1S/C19H20N2O4S/c1-12(2)9-13-5-3-4-6-15(13)19(23)20-14-7-8-16-17(10-14)26(24,25)11-18(22)21-16/h3-8,10,12H,9,11H2,1-2H3,(H,20,23)(H,21,22). The molecule has 26 heavy (non-hydrogen) atoms. The molecule has 2 N–H and O–H groups in total. The second-order valence-electron chi connectivity index (χ2n) is 6.73. The van der Waals surface area contributed by atoms with Crippen molar-refractivity contribution in [3.8, 4) is 0 Å². The maximum atomic E-state index is 12.7. The summed E-state index contributed by atoms with van der Waals surface area (Å²) < 4.78 is 24.4. The quantitative estimate of drug-likeness (QED) is 0.863. The predicted molar refractivity (Wildman–Crippen MR) is 100 cm³/mol. The lowest BCUT2D eigenvalue weighted by Gasteiger charge is -2.18. The third-order valence-electron chi connectivity index (χ3n) is 4.06. The van der Waals surface area contributed by atoms with Crippen molar-refractivity contribution in [1.29, 1.82) is 0 Å². The Morgan fingerprint density at radius 1 is 1.19 bits per heavy atom. The van der Waals surface area contributed by atoms with Crippen molar-refractivity contribution >= 4 is 33.0 Å². The van der Waals surface area contributed by atoms with E-state index in [1.807, 2.05) is 12.1 Å². The summed E-state index contributed by atoms with van der Waals surface area (Å²) in [6, 6.07) is 11.8. The summed E-state index contributed by atoms with van der Waals surface area (Å²) in [5.74, 6) is -1.04. The van der Waals surface area contributed by atoms with Gasteiger partial charge < -0.3 is 10.6 Å². The number of fused-ring (bicyclic) bond motifs is 1. The number of anilines is 2. The Morgan fingerprint density at radius 2 is 1.92 bits per heavy atom.